The van der Waals surface area contributed by atoms with Crippen molar-refractivity contribution in [1.29, 1.82) is 0 Å². The summed E-state index contributed by atoms with van der Waals surface area (Å²) in [5.41, 5.74) is 4.24. The number of aryl methyl sites for hydroxylation is 1. The largest absolute Gasteiger partial charge is 0.488 e. The molecule has 0 radical (unpaired) electrons. The van der Waals surface area contributed by atoms with Crippen molar-refractivity contribution in [2.75, 3.05) is 0 Å². The van der Waals surface area contributed by atoms with Crippen LogP contribution in [0.3, 0.4) is 0 Å². The van der Waals surface area contributed by atoms with Crippen molar-refractivity contribution in [3.8, 4) is 11.4 Å². The fraction of sp³-hybridized carbons (Fsp3) is 0.167. The normalized spacial score (nSPS) is 10.4. The molecule has 1 heterocycles. The Morgan fingerprint density at radius 3 is 2.26 bits per heavy atom. The van der Waals surface area contributed by atoms with Gasteiger partial charge in [-0.1, -0.05) is 50.2 Å². The molecule has 1 aromatic heterocycles. The molecule has 0 aliphatic rings. The Morgan fingerprint density at radius 1 is 0.852 bits per heavy atom. The molecule has 0 atom stereocenters. The molecule has 0 aliphatic heterocycles. The van der Waals surface area contributed by atoms with Gasteiger partial charge in [-0.25, -0.2) is 4.39 Å². The average Bonchev–Trinajstić information content (AvgIpc) is 3.07. The predicted molar refractivity (Wildman–Crippen MR) is 110 cm³/mol. The van der Waals surface area contributed by atoms with Crippen LogP contribution in [0, 0.1) is 12.7 Å². The monoisotopic (exact) mass is 361 g/mol. The van der Waals surface area contributed by atoms with Gasteiger partial charge in [0.2, 0.25) is 0 Å². The van der Waals surface area contributed by atoms with Gasteiger partial charge in [0.15, 0.2) is 0 Å². The van der Waals surface area contributed by atoms with E-state index in [4.69, 9.17) is 4.74 Å². The molecule has 3 aromatic carbocycles. The van der Waals surface area contributed by atoms with Gasteiger partial charge >= 0.3 is 0 Å². The smallest absolute Gasteiger partial charge is 0.129 e. The number of halogens is 1. The van der Waals surface area contributed by atoms with Gasteiger partial charge in [-0.3, -0.25) is 0 Å². The van der Waals surface area contributed by atoms with Crippen LogP contribution in [0.1, 0.15) is 25.0 Å². The second-order valence-electron chi connectivity index (χ2n) is 6.08. The molecule has 0 unspecified atom stereocenters. The molecule has 0 N–H and O–H groups in total. The molecule has 0 amide bonds. The van der Waals surface area contributed by atoms with E-state index in [2.05, 4.69) is 35.9 Å². The van der Waals surface area contributed by atoms with Crippen LogP contribution in [0.25, 0.3) is 16.6 Å². The van der Waals surface area contributed by atoms with E-state index in [0.29, 0.717) is 6.61 Å². The van der Waals surface area contributed by atoms with Gasteiger partial charge in [0.25, 0.3) is 0 Å². The summed E-state index contributed by atoms with van der Waals surface area (Å²) in [5, 5.41) is 1.09. The Labute approximate surface area is 159 Å². The number of ether oxygens (including phenoxy) is 1. The zero-order chi connectivity index (χ0) is 19.2. The van der Waals surface area contributed by atoms with Crippen LogP contribution in [0.2, 0.25) is 0 Å². The average molecular weight is 361 g/mol. The second kappa shape index (κ2) is 8.54. The maximum absolute atomic E-state index is 13.2. The number of hydrogen-bond acceptors (Lipinski definition) is 1. The van der Waals surface area contributed by atoms with Crippen LogP contribution in [-0.4, -0.2) is 4.57 Å². The molecule has 0 aliphatic carbocycles. The van der Waals surface area contributed by atoms with Crippen molar-refractivity contribution in [3.05, 3.63) is 95.9 Å². The van der Waals surface area contributed by atoms with E-state index in [1.54, 1.807) is 12.1 Å². The highest BCUT2D eigenvalue weighted by Crippen LogP contribution is 2.32. The van der Waals surface area contributed by atoms with E-state index in [0.717, 1.165) is 33.5 Å². The Morgan fingerprint density at radius 2 is 1.56 bits per heavy atom. The van der Waals surface area contributed by atoms with E-state index in [1.807, 2.05) is 44.2 Å². The van der Waals surface area contributed by atoms with Gasteiger partial charge in [0.1, 0.15) is 18.2 Å². The molecule has 0 fully saturated rings. The van der Waals surface area contributed by atoms with Crippen LogP contribution in [0.15, 0.2) is 79.0 Å². The van der Waals surface area contributed by atoms with Crippen molar-refractivity contribution in [2.45, 2.75) is 27.4 Å². The van der Waals surface area contributed by atoms with Crippen LogP contribution < -0.4 is 4.74 Å². The predicted octanol–water partition coefficient (Wildman–Crippen LogP) is 6.68. The Hall–Kier alpha value is -3.07. The van der Waals surface area contributed by atoms with E-state index in [1.165, 1.54) is 12.1 Å². The molecule has 3 heteroatoms. The lowest BCUT2D eigenvalue weighted by molar-refractivity contribution is 0.310. The maximum atomic E-state index is 13.2. The molecular formula is C24H24FNO. The first-order valence-corrected chi connectivity index (χ1v) is 9.26. The molecule has 4 aromatic rings. The van der Waals surface area contributed by atoms with Crippen molar-refractivity contribution in [2.24, 2.45) is 0 Å². The van der Waals surface area contributed by atoms with E-state index in [9.17, 15) is 4.39 Å². The molecule has 138 valence electrons. The standard InChI is InChI=1S/C22H18FNO.C2H6/c1-16-14-24(19-12-10-18(23)11-13-19)20-8-5-9-21(22(16)20)25-15-17-6-3-2-4-7-17;1-2/h2-14H,15H2,1H3;1-2H3. The maximum Gasteiger partial charge on any atom is 0.129 e. The first-order valence-electron chi connectivity index (χ1n) is 9.26. The molecule has 2 nitrogen and oxygen atoms in total. The van der Waals surface area contributed by atoms with Crippen molar-refractivity contribution >= 4 is 10.9 Å². The highest BCUT2D eigenvalue weighted by Gasteiger charge is 2.12. The fourth-order valence-corrected chi connectivity index (χ4v) is 3.12. The number of aromatic nitrogens is 1. The van der Waals surface area contributed by atoms with Crippen LogP contribution >= 0.6 is 0 Å². The summed E-state index contributed by atoms with van der Waals surface area (Å²) in [5.74, 6) is 0.628. The van der Waals surface area contributed by atoms with Crippen molar-refractivity contribution < 1.29 is 9.13 Å². The number of benzene rings is 3. The van der Waals surface area contributed by atoms with Gasteiger partial charge in [-0.15, -0.1) is 0 Å². The Balaban J connectivity index is 0.00000102. The molecule has 0 saturated carbocycles. The van der Waals surface area contributed by atoms with Gasteiger partial charge in [0, 0.05) is 17.3 Å². The number of nitrogens with zero attached hydrogens (tertiary/aromatic N) is 1. The third-order valence-corrected chi connectivity index (χ3v) is 4.32. The zero-order valence-corrected chi connectivity index (χ0v) is 15.9. The summed E-state index contributed by atoms with van der Waals surface area (Å²) >= 11 is 0. The summed E-state index contributed by atoms with van der Waals surface area (Å²) in [6.45, 7) is 6.60. The molecule has 0 spiro atoms. The lowest BCUT2D eigenvalue weighted by atomic mass is 10.1. The second-order valence-corrected chi connectivity index (χ2v) is 6.08. The number of hydrogen-bond donors (Lipinski definition) is 0. The molecule has 0 saturated heterocycles. The van der Waals surface area contributed by atoms with E-state index in [-0.39, 0.29) is 5.82 Å². The highest BCUT2D eigenvalue weighted by molar-refractivity contribution is 5.91. The zero-order valence-electron chi connectivity index (χ0n) is 15.9. The minimum absolute atomic E-state index is 0.233. The molecule has 4 rings (SSSR count). The molecule has 27 heavy (non-hydrogen) atoms. The van der Waals surface area contributed by atoms with Gasteiger partial charge in [-0.05, 0) is 54.4 Å². The molecule has 0 bridgehead atoms. The Kier molecular flexibility index (Phi) is 5.92. The quantitative estimate of drug-likeness (QED) is 0.395. The van der Waals surface area contributed by atoms with E-state index >= 15 is 0 Å². The minimum Gasteiger partial charge on any atom is -0.488 e. The van der Waals surface area contributed by atoms with Crippen molar-refractivity contribution in [1.82, 2.24) is 4.57 Å². The number of fused-ring (bicyclic) bond motifs is 1. The number of rotatable bonds is 4. The minimum atomic E-state index is -0.233. The lowest BCUT2D eigenvalue weighted by Gasteiger charge is -2.10. The summed E-state index contributed by atoms with van der Waals surface area (Å²) in [6, 6.07) is 22.7. The first kappa shape index (κ1) is 18.7. The van der Waals surface area contributed by atoms with Crippen LogP contribution in [0.5, 0.6) is 5.75 Å². The third kappa shape index (κ3) is 4.03. The lowest BCUT2D eigenvalue weighted by Crippen LogP contribution is -1.96. The Bertz CT molecular complexity index is 1000. The summed E-state index contributed by atoms with van der Waals surface area (Å²) < 4.78 is 21.4. The van der Waals surface area contributed by atoms with Gasteiger partial charge in [-0.2, -0.15) is 0 Å². The van der Waals surface area contributed by atoms with E-state index < -0.39 is 0 Å². The fourth-order valence-electron chi connectivity index (χ4n) is 3.12. The van der Waals surface area contributed by atoms with Gasteiger partial charge in [0.05, 0.1) is 5.52 Å². The summed E-state index contributed by atoms with van der Waals surface area (Å²) in [4.78, 5) is 0. The highest BCUT2D eigenvalue weighted by atomic mass is 19.1. The first-order chi connectivity index (χ1) is 13.2. The topological polar surface area (TPSA) is 14.2 Å². The van der Waals surface area contributed by atoms with Crippen molar-refractivity contribution in [3.63, 3.8) is 0 Å². The molecular weight excluding hydrogens is 337 g/mol. The SMILES string of the molecule is CC.Cc1cn(-c2ccc(F)cc2)c2cccc(OCc3ccccc3)c12. The van der Waals surface area contributed by atoms with Crippen LogP contribution in [-0.2, 0) is 6.61 Å². The summed E-state index contributed by atoms with van der Waals surface area (Å²) in [7, 11) is 0. The third-order valence-electron chi connectivity index (χ3n) is 4.32. The van der Waals surface area contributed by atoms with Crippen LogP contribution in [0.4, 0.5) is 4.39 Å². The summed E-state index contributed by atoms with van der Waals surface area (Å²) in [6.07, 6.45) is 2.06. The van der Waals surface area contributed by atoms with Gasteiger partial charge < -0.3 is 9.30 Å².